The lowest BCUT2D eigenvalue weighted by atomic mass is 10.1. The van der Waals surface area contributed by atoms with E-state index >= 15 is 0 Å². The molecule has 3 heterocycles. The number of anilines is 1. The topological polar surface area (TPSA) is 80.0 Å². The van der Waals surface area contributed by atoms with Gasteiger partial charge in [0.1, 0.15) is 12.1 Å². The summed E-state index contributed by atoms with van der Waals surface area (Å²) in [6.45, 7) is 2.14. The summed E-state index contributed by atoms with van der Waals surface area (Å²) < 4.78 is 15.4. The molecule has 1 aliphatic rings. The Morgan fingerprint density at radius 2 is 1.88 bits per heavy atom. The van der Waals surface area contributed by atoms with Gasteiger partial charge in [0.25, 0.3) is 5.91 Å². The van der Waals surface area contributed by atoms with E-state index in [1.54, 1.807) is 28.8 Å². The number of carbonyl (C=O) groups excluding carboxylic acids is 1. The highest BCUT2D eigenvalue weighted by Crippen LogP contribution is 2.22. The van der Waals surface area contributed by atoms with E-state index in [4.69, 9.17) is 0 Å². The third-order valence-corrected chi connectivity index (χ3v) is 4.34. The molecule has 4 rings (SSSR count). The molecule has 0 atom stereocenters. The Kier molecular flexibility index (Phi) is 3.75. The van der Waals surface area contributed by atoms with E-state index in [0.29, 0.717) is 43.2 Å². The zero-order chi connectivity index (χ0) is 17.4. The number of aryl methyl sites for hydroxylation is 1. The molecule has 2 aromatic heterocycles. The van der Waals surface area contributed by atoms with Crippen molar-refractivity contribution in [2.75, 3.05) is 31.1 Å². The van der Waals surface area contributed by atoms with Gasteiger partial charge < -0.3 is 9.80 Å². The van der Waals surface area contributed by atoms with Gasteiger partial charge in [0.05, 0.1) is 5.56 Å². The molecule has 1 amide bonds. The van der Waals surface area contributed by atoms with E-state index in [-0.39, 0.29) is 11.5 Å². The Labute approximate surface area is 142 Å². The number of benzene rings is 1. The van der Waals surface area contributed by atoms with Crippen LogP contribution in [0.25, 0.3) is 11.2 Å². The van der Waals surface area contributed by atoms with E-state index in [9.17, 15) is 9.18 Å². The number of hydrogen-bond donors (Lipinski definition) is 0. The third kappa shape index (κ3) is 2.67. The molecule has 0 radical (unpaired) electrons. The zero-order valence-electron chi connectivity index (χ0n) is 13.6. The molecule has 0 saturated carbocycles. The van der Waals surface area contributed by atoms with E-state index < -0.39 is 5.82 Å². The van der Waals surface area contributed by atoms with Gasteiger partial charge in [0.15, 0.2) is 17.0 Å². The van der Waals surface area contributed by atoms with Crippen molar-refractivity contribution in [3.8, 4) is 0 Å². The minimum atomic E-state index is -0.494. The van der Waals surface area contributed by atoms with Gasteiger partial charge >= 0.3 is 0 Å². The summed E-state index contributed by atoms with van der Waals surface area (Å²) in [5, 5.41) is 8.10. The van der Waals surface area contributed by atoms with Crippen LogP contribution in [0.4, 0.5) is 10.2 Å². The number of aromatic nitrogens is 5. The average molecular weight is 341 g/mol. The maximum atomic E-state index is 13.8. The molecule has 3 aromatic rings. The van der Waals surface area contributed by atoms with Crippen molar-refractivity contribution in [3.05, 3.63) is 42.0 Å². The van der Waals surface area contributed by atoms with Crippen molar-refractivity contribution in [2.24, 2.45) is 7.05 Å². The van der Waals surface area contributed by atoms with Gasteiger partial charge in [-0.15, -0.1) is 5.10 Å². The molecule has 0 bridgehead atoms. The molecule has 1 aromatic carbocycles. The average Bonchev–Trinajstić information content (AvgIpc) is 3.03. The van der Waals surface area contributed by atoms with Crippen LogP contribution in [0.15, 0.2) is 30.6 Å². The molecular weight excluding hydrogens is 325 g/mol. The molecule has 0 spiro atoms. The lowest BCUT2D eigenvalue weighted by Gasteiger charge is -2.35. The van der Waals surface area contributed by atoms with E-state index in [2.05, 4.69) is 20.3 Å². The molecule has 128 valence electrons. The normalized spacial score (nSPS) is 15.0. The molecule has 8 nitrogen and oxygen atoms in total. The fraction of sp³-hybridized carbons (Fsp3) is 0.312. The maximum absolute atomic E-state index is 13.8. The van der Waals surface area contributed by atoms with Crippen LogP contribution in [0.1, 0.15) is 10.4 Å². The summed E-state index contributed by atoms with van der Waals surface area (Å²) in [6, 6.07) is 6.05. The Balaban J connectivity index is 1.51. The number of halogens is 1. The van der Waals surface area contributed by atoms with Gasteiger partial charge in [-0.05, 0) is 12.1 Å². The van der Waals surface area contributed by atoms with Crippen molar-refractivity contribution < 1.29 is 9.18 Å². The zero-order valence-corrected chi connectivity index (χ0v) is 13.6. The summed E-state index contributed by atoms with van der Waals surface area (Å²) >= 11 is 0. The first-order valence-electron chi connectivity index (χ1n) is 7.94. The molecule has 1 aliphatic heterocycles. The Morgan fingerprint density at radius 1 is 1.12 bits per heavy atom. The Bertz CT molecular complexity index is 933. The highest BCUT2D eigenvalue weighted by atomic mass is 19.1. The summed E-state index contributed by atoms with van der Waals surface area (Å²) in [7, 11) is 1.77. The second-order valence-electron chi connectivity index (χ2n) is 5.84. The fourth-order valence-corrected chi connectivity index (χ4v) is 3.00. The first-order valence-corrected chi connectivity index (χ1v) is 7.94. The summed E-state index contributed by atoms with van der Waals surface area (Å²) in [5.74, 6) is -0.0758. The molecule has 0 N–H and O–H groups in total. The van der Waals surface area contributed by atoms with E-state index in [1.807, 2.05) is 4.90 Å². The van der Waals surface area contributed by atoms with Crippen LogP contribution in [0, 0.1) is 5.82 Å². The van der Waals surface area contributed by atoms with Crippen LogP contribution in [-0.4, -0.2) is 61.9 Å². The van der Waals surface area contributed by atoms with Crippen molar-refractivity contribution >= 4 is 22.9 Å². The van der Waals surface area contributed by atoms with Crippen molar-refractivity contribution in [3.63, 3.8) is 0 Å². The molecule has 9 heteroatoms. The summed E-state index contributed by atoms with van der Waals surface area (Å²) in [4.78, 5) is 24.7. The summed E-state index contributed by atoms with van der Waals surface area (Å²) in [5.41, 5.74) is 1.41. The van der Waals surface area contributed by atoms with Gasteiger partial charge in [-0.3, -0.25) is 4.79 Å². The fourth-order valence-electron chi connectivity index (χ4n) is 3.00. The first-order chi connectivity index (χ1) is 12.1. The molecule has 0 aliphatic carbocycles. The third-order valence-electron chi connectivity index (χ3n) is 4.34. The van der Waals surface area contributed by atoms with Gasteiger partial charge in [-0.1, -0.05) is 17.3 Å². The smallest absolute Gasteiger partial charge is 0.256 e. The minimum Gasteiger partial charge on any atom is -0.351 e. The quantitative estimate of drug-likeness (QED) is 0.688. The number of carbonyl (C=O) groups is 1. The second kappa shape index (κ2) is 6.08. The van der Waals surface area contributed by atoms with Gasteiger partial charge in [0, 0.05) is 33.2 Å². The SMILES string of the molecule is Cn1nnc2c(N3CCN(C(=O)c4ccccc4F)CC3)ncnc21. The molecule has 1 saturated heterocycles. The molecule has 25 heavy (non-hydrogen) atoms. The predicted molar refractivity (Wildman–Crippen MR) is 88.6 cm³/mol. The number of hydrogen-bond acceptors (Lipinski definition) is 6. The standard InChI is InChI=1S/C16H16FN7O/c1-22-14-13(20-21-22)15(19-10-18-14)23-6-8-24(9-7-23)16(25)11-4-2-3-5-12(11)17/h2-5,10H,6-9H2,1H3. The lowest BCUT2D eigenvalue weighted by molar-refractivity contribution is 0.0742. The van der Waals surface area contributed by atoms with Crippen LogP contribution in [-0.2, 0) is 7.05 Å². The van der Waals surface area contributed by atoms with Crippen molar-refractivity contribution in [1.82, 2.24) is 29.9 Å². The number of piperazine rings is 1. The summed E-state index contributed by atoms with van der Waals surface area (Å²) in [6.07, 6.45) is 1.48. The lowest BCUT2D eigenvalue weighted by Crippen LogP contribution is -2.49. The largest absolute Gasteiger partial charge is 0.351 e. The van der Waals surface area contributed by atoms with Crippen LogP contribution in [0.3, 0.4) is 0 Å². The van der Waals surface area contributed by atoms with Gasteiger partial charge in [-0.25, -0.2) is 19.0 Å². The van der Waals surface area contributed by atoms with Crippen LogP contribution in [0.2, 0.25) is 0 Å². The number of nitrogens with zero attached hydrogens (tertiary/aromatic N) is 7. The van der Waals surface area contributed by atoms with Crippen LogP contribution < -0.4 is 4.90 Å². The monoisotopic (exact) mass is 341 g/mol. The Morgan fingerprint density at radius 3 is 2.64 bits per heavy atom. The van der Waals surface area contributed by atoms with Crippen LogP contribution in [0.5, 0.6) is 0 Å². The number of rotatable bonds is 2. The number of fused-ring (bicyclic) bond motifs is 1. The van der Waals surface area contributed by atoms with Crippen molar-refractivity contribution in [2.45, 2.75) is 0 Å². The van der Waals surface area contributed by atoms with Crippen LogP contribution >= 0.6 is 0 Å². The molecule has 1 fully saturated rings. The first kappa shape index (κ1) is 15.4. The highest BCUT2D eigenvalue weighted by Gasteiger charge is 2.26. The van der Waals surface area contributed by atoms with E-state index in [1.165, 1.54) is 18.5 Å². The minimum absolute atomic E-state index is 0.106. The van der Waals surface area contributed by atoms with Gasteiger partial charge in [0.2, 0.25) is 0 Å². The van der Waals surface area contributed by atoms with E-state index in [0.717, 1.165) is 0 Å². The maximum Gasteiger partial charge on any atom is 0.256 e. The predicted octanol–water partition coefficient (Wildman–Crippen LogP) is 0.860. The van der Waals surface area contributed by atoms with Gasteiger partial charge in [-0.2, -0.15) is 0 Å². The second-order valence-corrected chi connectivity index (χ2v) is 5.84. The molecule has 0 unspecified atom stereocenters. The highest BCUT2D eigenvalue weighted by molar-refractivity contribution is 5.94. The van der Waals surface area contributed by atoms with Crippen molar-refractivity contribution in [1.29, 1.82) is 0 Å². The molecular formula is C16H16FN7O. The Hall–Kier alpha value is -3.10. The number of amides is 1.